The van der Waals surface area contributed by atoms with Gasteiger partial charge in [-0.25, -0.2) is 0 Å². The SMILES string of the molecule is NC(=O)C1CC(=O)N(c2ccc(O)c(Br)c2)C1. The van der Waals surface area contributed by atoms with Crippen molar-refractivity contribution in [3.8, 4) is 5.75 Å². The highest BCUT2D eigenvalue weighted by Crippen LogP contribution is 2.31. The van der Waals surface area contributed by atoms with Crippen LogP contribution < -0.4 is 10.6 Å². The monoisotopic (exact) mass is 298 g/mol. The lowest BCUT2D eigenvalue weighted by Gasteiger charge is -2.16. The molecule has 0 spiro atoms. The lowest BCUT2D eigenvalue weighted by molar-refractivity contribution is -0.123. The molecule has 1 fully saturated rings. The normalized spacial score (nSPS) is 19.7. The number of hydrogen-bond donors (Lipinski definition) is 2. The Morgan fingerprint density at radius 3 is 2.76 bits per heavy atom. The molecule has 1 aliphatic heterocycles. The van der Waals surface area contributed by atoms with E-state index in [9.17, 15) is 14.7 Å². The summed E-state index contributed by atoms with van der Waals surface area (Å²) >= 11 is 3.18. The van der Waals surface area contributed by atoms with Crippen molar-refractivity contribution in [1.29, 1.82) is 0 Å². The van der Waals surface area contributed by atoms with Crippen molar-refractivity contribution < 1.29 is 14.7 Å². The molecule has 0 aromatic heterocycles. The molecular weight excluding hydrogens is 288 g/mol. The van der Waals surface area contributed by atoms with Crippen LogP contribution in [0.1, 0.15) is 6.42 Å². The predicted octanol–water partition coefficient (Wildman–Crippen LogP) is 0.993. The Labute approximate surface area is 106 Å². The molecule has 2 amide bonds. The van der Waals surface area contributed by atoms with Gasteiger partial charge in [-0.3, -0.25) is 9.59 Å². The van der Waals surface area contributed by atoms with Gasteiger partial charge >= 0.3 is 0 Å². The molecule has 1 heterocycles. The number of anilines is 1. The van der Waals surface area contributed by atoms with Crippen LogP contribution in [0.3, 0.4) is 0 Å². The molecular formula is C11H11BrN2O3. The Morgan fingerprint density at radius 1 is 1.53 bits per heavy atom. The maximum absolute atomic E-state index is 11.7. The minimum Gasteiger partial charge on any atom is -0.507 e. The number of phenolic OH excluding ortho intramolecular Hbond substituents is 1. The second kappa shape index (κ2) is 4.37. The van der Waals surface area contributed by atoms with E-state index in [1.807, 2.05) is 0 Å². The molecule has 6 heteroatoms. The molecule has 1 saturated heterocycles. The molecule has 3 N–H and O–H groups in total. The quantitative estimate of drug-likeness (QED) is 0.854. The third-order valence-electron chi connectivity index (χ3n) is 2.77. The highest BCUT2D eigenvalue weighted by atomic mass is 79.9. The van der Waals surface area contributed by atoms with Crippen molar-refractivity contribution in [3.05, 3.63) is 22.7 Å². The minimum atomic E-state index is -0.460. The highest BCUT2D eigenvalue weighted by molar-refractivity contribution is 9.10. The fourth-order valence-electron chi connectivity index (χ4n) is 1.81. The van der Waals surface area contributed by atoms with Gasteiger partial charge in [0.2, 0.25) is 11.8 Å². The van der Waals surface area contributed by atoms with E-state index in [0.29, 0.717) is 16.7 Å². The van der Waals surface area contributed by atoms with Crippen molar-refractivity contribution in [2.24, 2.45) is 11.7 Å². The molecule has 0 aliphatic carbocycles. The van der Waals surface area contributed by atoms with E-state index in [1.54, 1.807) is 12.1 Å². The first-order chi connectivity index (χ1) is 7.99. The van der Waals surface area contributed by atoms with Crippen molar-refractivity contribution in [2.75, 3.05) is 11.4 Å². The van der Waals surface area contributed by atoms with Crippen LogP contribution in [0, 0.1) is 5.92 Å². The van der Waals surface area contributed by atoms with Gasteiger partial charge < -0.3 is 15.7 Å². The van der Waals surface area contributed by atoms with E-state index in [4.69, 9.17) is 5.73 Å². The van der Waals surface area contributed by atoms with Crippen LogP contribution >= 0.6 is 15.9 Å². The van der Waals surface area contributed by atoms with Gasteiger partial charge in [0.15, 0.2) is 0 Å². The maximum atomic E-state index is 11.7. The summed E-state index contributed by atoms with van der Waals surface area (Å²) in [6.07, 6.45) is 0.147. The van der Waals surface area contributed by atoms with Gasteiger partial charge in [0.05, 0.1) is 10.4 Å². The summed E-state index contributed by atoms with van der Waals surface area (Å²) in [6.45, 7) is 0.297. The average Bonchev–Trinajstić information content (AvgIpc) is 2.65. The number of halogens is 1. The molecule has 5 nitrogen and oxygen atoms in total. The molecule has 90 valence electrons. The fraction of sp³-hybridized carbons (Fsp3) is 0.273. The van der Waals surface area contributed by atoms with Crippen molar-refractivity contribution in [3.63, 3.8) is 0 Å². The largest absolute Gasteiger partial charge is 0.507 e. The molecule has 1 unspecified atom stereocenters. The first kappa shape index (κ1) is 11.9. The number of rotatable bonds is 2. The minimum absolute atomic E-state index is 0.104. The Morgan fingerprint density at radius 2 is 2.24 bits per heavy atom. The molecule has 1 aliphatic rings. The summed E-state index contributed by atoms with van der Waals surface area (Å²) in [5.41, 5.74) is 5.83. The molecule has 1 atom stereocenters. The third-order valence-corrected chi connectivity index (χ3v) is 3.41. The zero-order valence-electron chi connectivity index (χ0n) is 8.89. The summed E-state index contributed by atoms with van der Waals surface area (Å²) in [7, 11) is 0. The number of benzene rings is 1. The Balaban J connectivity index is 2.26. The maximum Gasteiger partial charge on any atom is 0.227 e. The molecule has 0 saturated carbocycles. The van der Waals surface area contributed by atoms with Crippen molar-refractivity contribution in [1.82, 2.24) is 0 Å². The lowest BCUT2D eigenvalue weighted by atomic mass is 10.1. The topological polar surface area (TPSA) is 83.6 Å². The van der Waals surface area contributed by atoms with Crippen molar-refractivity contribution >= 4 is 33.4 Å². The van der Waals surface area contributed by atoms with E-state index < -0.39 is 11.8 Å². The molecule has 1 aromatic rings. The standard InChI is InChI=1S/C11H11BrN2O3/c12-8-4-7(1-2-9(8)15)14-5-6(11(13)17)3-10(14)16/h1-2,4,6,15H,3,5H2,(H2,13,17). The van der Waals surface area contributed by atoms with E-state index >= 15 is 0 Å². The average molecular weight is 299 g/mol. The van der Waals surface area contributed by atoms with Gasteiger partial charge in [0.1, 0.15) is 5.75 Å². The number of nitrogens with two attached hydrogens (primary N) is 1. The first-order valence-corrected chi connectivity index (χ1v) is 5.86. The van der Waals surface area contributed by atoms with Gasteiger partial charge in [-0.15, -0.1) is 0 Å². The number of primary amides is 1. The Kier molecular flexibility index (Phi) is 3.06. The van der Waals surface area contributed by atoms with E-state index in [2.05, 4.69) is 15.9 Å². The predicted molar refractivity (Wildman–Crippen MR) is 65.5 cm³/mol. The second-order valence-electron chi connectivity index (χ2n) is 3.94. The second-order valence-corrected chi connectivity index (χ2v) is 4.80. The van der Waals surface area contributed by atoms with Crippen molar-refractivity contribution in [2.45, 2.75) is 6.42 Å². The van der Waals surface area contributed by atoms with Crippen LogP contribution in [0.5, 0.6) is 5.75 Å². The number of amides is 2. The highest BCUT2D eigenvalue weighted by Gasteiger charge is 2.33. The number of carbonyl (C=O) groups is 2. The van der Waals surface area contributed by atoms with E-state index in [-0.39, 0.29) is 18.1 Å². The molecule has 1 aromatic carbocycles. The zero-order valence-corrected chi connectivity index (χ0v) is 10.5. The van der Waals surface area contributed by atoms with Crippen LogP contribution in [-0.4, -0.2) is 23.5 Å². The van der Waals surface area contributed by atoms with Gasteiger partial charge in [-0.05, 0) is 34.1 Å². The Bertz CT molecular complexity index is 490. The van der Waals surface area contributed by atoms with Gasteiger partial charge in [0, 0.05) is 18.7 Å². The lowest BCUT2D eigenvalue weighted by Crippen LogP contribution is -2.28. The summed E-state index contributed by atoms with van der Waals surface area (Å²) in [5.74, 6) is -0.924. The number of nitrogens with zero attached hydrogens (tertiary/aromatic N) is 1. The van der Waals surface area contributed by atoms with Gasteiger partial charge in [-0.2, -0.15) is 0 Å². The number of phenols is 1. The molecule has 0 bridgehead atoms. The van der Waals surface area contributed by atoms with E-state index in [0.717, 1.165) is 0 Å². The number of carbonyl (C=O) groups excluding carboxylic acids is 2. The summed E-state index contributed by atoms with van der Waals surface area (Å²) in [4.78, 5) is 24.3. The van der Waals surface area contributed by atoms with Crippen LogP contribution in [0.25, 0.3) is 0 Å². The summed E-state index contributed by atoms with van der Waals surface area (Å²) in [5, 5.41) is 9.37. The Hall–Kier alpha value is -1.56. The first-order valence-electron chi connectivity index (χ1n) is 5.07. The molecule has 17 heavy (non-hydrogen) atoms. The summed E-state index contributed by atoms with van der Waals surface area (Å²) in [6, 6.07) is 4.75. The van der Waals surface area contributed by atoms with Crippen LogP contribution in [0.4, 0.5) is 5.69 Å². The van der Waals surface area contributed by atoms with Crippen LogP contribution in [0.15, 0.2) is 22.7 Å². The fourth-order valence-corrected chi connectivity index (χ4v) is 2.18. The molecule has 2 rings (SSSR count). The summed E-state index contributed by atoms with van der Waals surface area (Å²) < 4.78 is 0.505. The number of hydrogen-bond acceptors (Lipinski definition) is 3. The molecule has 0 radical (unpaired) electrons. The van der Waals surface area contributed by atoms with Gasteiger partial charge in [0.25, 0.3) is 0 Å². The third kappa shape index (κ3) is 2.26. The van der Waals surface area contributed by atoms with Gasteiger partial charge in [-0.1, -0.05) is 0 Å². The van der Waals surface area contributed by atoms with Crippen LogP contribution in [-0.2, 0) is 9.59 Å². The zero-order chi connectivity index (χ0) is 12.6. The van der Waals surface area contributed by atoms with E-state index in [1.165, 1.54) is 11.0 Å². The number of aromatic hydroxyl groups is 1. The smallest absolute Gasteiger partial charge is 0.227 e. The van der Waals surface area contributed by atoms with Crippen LogP contribution in [0.2, 0.25) is 0 Å².